The predicted molar refractivity (Wildman–Crippen MR) is 86.6 cm³/mol. The highest BCUT2D eigenvalue weighted by Crippen LogP contribution is 2.35. The summed E-state index contributed by atoms with van der Waals surface area (Å²) in [6, 6.07) is 6.19. The van der Waals surface area contributed by atoms with Crippen LogP contribution in [0.25, 0.3) is 0 Å². The fraction of sp³-hybridized carbons (Fsp3) is 0.611. The van der Waals surface area contributed by atoms with Crippen molar-refractivity contribution in [3.63, 3.8) is 0 Å². The van der Waals surface area contributed by atoms with E-state index in [1.54, 1.807) is 0 Å². The van der Waals surface area contributed by atoms with Crippen LogP contribution in [0.1, 0.15) is 38.7 Å². The number of hydrogen-bond donors (Lipinski definition) is 1. The highest BCUT2D eigenvalue weighted by Gasteiger charge is 2.32. The number of fused-ring (bicyclic) bond motifs is 1. The van der Waals surface area contributed by atoms with E-state index >= 15 is 0 Å². The van der Waals surface area contributed by atoms with Gasteiger partial charge in [-0.3, -0.25) is 9.69 Å². The van der Waals surface area contributed by atoms with E-state index in [4.69, 9.17) is 9.47 Å². The van der Waals surface area contributed by atoms with Gasteiger partial charge in [0.25, 0.3) is 0 Å². The van der Waals surface area contributed by atoms with Crippen LogP contribution >= 0.6 is 0 Å². The Morgan fingerprint density at radius 1 is 1.26 bits per heavy atom. The molecule has 1 heterocycles. The SMILES string of the molecule is C[C@@H]1[C@H](C)CCC[C@@H]1N(CC(=O)O)Cc1ccc2c(c1)OCO2. The second-order valence-electron chi connectivity index (χ2n) is 6.82. The Labute approximate surface area is 137 Å². The lowest BCUT2D eigenvalue weighted by atomic mass is 9.77. The van der Waals surface area contributed by atoms with Crippen LogP contribution in [-0.2, 0) is 11.3 Å². The molecule has 3 rings (SSSR count). The van der Waals surface area contributed by atoms with Gasteiger partial charge in [0.1, 0.15) is 0 Å². The molecule has 1 saturated carbocycles. The second-order valence-corrected chi connectivity index (χ2v) is 6.82. The smallest absolute Gasteiger partial charge is 0.317 e. The molecule has 0 amide bonds. The van der Waals surface area contributed by atoms with Crippen LogP contribution in [0, 0.1) is 11.8 Å². The maximum Gasteiger partial charge on any atom is 0.317 e. The summed E-state index contributed by atoms with van der Waals surface area (Å²) >= 11 is 0. The average molecular weight is 319 g/mol. The van der Waals surface area contributed by atoms with Crippen molar-refractivity contribution in [3.05, 3.63) is 23.8 Å². The van der Waals surface area contributed by atoms with Gasteiger partial charge in [-0.15, -0.1) is 0 Å². The van der Waals surface area contributed by atoms with Crippen molar-refractivity contribution in [2.75, 3.05) is 13.3 Å². The first-order valence-electron chi connectivity index (χ1n) is 8.39. The number of carboxylic acids is 1. The molecule has 0 radical (unpaired) electrons. The van der Waals surface area contributed by atoms with Crippen LogP contribution in [0.15, 0.2) is 18.2 Å². The zero-order valence-corrected chi connectivity index (χ0v) is 13.8. The van der Waals surface area contributed by atoms with Crippen LogP contribution in [0.2, 0.25) is 0 Å². The van der Waals surface area contributed by atoms with Gasteiger partial charge < -0.3 is 14.6 Å². The fourth-order valence-corrected chi connectivity index (χ4v) is 3.81. The molecule has 1 aromatic rings. The standard InChI is InChI=1S/C18H25NO4/c1-12-4-3-5-15(13(12)2)19(10-18(20)21)9-14-6-7-16-17(8-14)23-11-22-16/h6-8,12-13,15H,3-5,9-11H2,1-2H3,(H,20,21)/t12-,13-,15+/m1/s1. The number of aliphatic carboxylic acids is 1. The largest absolute Gasteiger partial charge is 0.480 e. The van der Waals surface area contributed by atoms with Crippen molar-refractivity contribution >= 4 is 5.97 Å². The van der Waals surface area contributed by atoms with Crippen LogP contribution in [0.3, 0.4) is 0 Å². The molecular weight excluding hydrogens is 294 g/mol. The first-order chi connectivity index (χ1) is 11.0. The quantitative estimate of drug-likeness (QED) is 0.903. The van der Waals surface area contributed by atoms with Crippen molar-refractivity contribution in [3.8, 4) is 11.5 Å². The monoisotopic (exact) mass is 319 g/mol. The molecular formula is C18H25NO4. The Balaban J connectivity index is 1.77. The molecule has 3 atom stereocenters. The third-order valence-corrected chi connectivity index (χ3v) is 5.29. The minimum Gasteiger partial charge on any atom is -0.480 e. The minimum absolute atomic E-state index is 0.0795. The molecule has 0 unspecified atom stereocenters. The maximum atomic E-state index is 11.3. The molecule has 23 heavy (non-hydrogen) atoms. The number of nitrogens with zero attached hydrogens (tertiary/aromatic N) is 1. The Bertz CT molecular complexity index is 574. The van der Waals surface area contributed by atoms with E-state index < -0.39 is 5.97 Å². The molecule has 1 fully saturated rings. The fourth-order valence-electron chi connectivity index (χ4n) is 3.81. The van der Waals surface area contributed by atoms with E-state index in [1.807, 2.05) is 18.2 Å². The summed E-state index contributed by atoms with van der Waals surface area (Å²) in [5.41, 5.74) is 1.07. The zero-order valence-electron chi connectivity index (χ0n) is 13.8. The van der Waals surface area contributed by atoms with Gasteiger partial charge in [0, 0.05) is 12.6 Å². The van der Waals surface area contributed by atoms with Gasteiger partial charge in [-0.1, -0.05) is 32.8 Å². The first-order valence-corrected chi connectivity index (χ1v) is 8.39. The van der Waals surface area contributed by atoms with Crippen LogP contribution in [0.5, 0.6) is 11.5 Å². The average Bonchev–Trinajstić information content (AvgIpc) is 2.96. The van der Waals surface area contributed by atoms with Crippen molar-refractivity contribution < 1.29 is 19.4 Å². The van der Waals surface area contributed by atoms with Gasteiger partial charge >= 0.3 is 5.97 Å². The summed E-state index contributed by atoms with van der Waals surface area (Å²) in [6.07, 6.45) is 3.49. The summed E-state index contributed by atoms with van der Waals surface area (Å²) in [6.45, 7) is 5.50. The molecule has 1 N–H and O–H groups in total. The van der Waals surface area contributed by atoms with Crippen molar-refractivity contribution in [2.24, 2.45) is 11.8 Å². The molecule has 0 aromatic heterocycles. The van der Waals surface area contributed by atoms with Crippen LogP contribution in [0.4, 0.5) is 0 Å². The van der Waals surface area contributed by atoms with Crippen LogP contribution < -0.4 is 9.47 Å². The van der Waals surface area contributed by atoms with Crippen LogP contribution in [-0.4, -0.2) is 35.4 Å². The van der Waals surface area contributed by atoms with Crippen molar-refractivity contribution in [1.29, 1.82) is 0 Å². The number of carbonyl (C=O) groups is 1. The van der Waals surface area contributed by atoms with Gasteiger partial charge in [0.05, 0.1) is 6.54 Å². The summed E-state index contributed by atoms with van der Waals surface area (Å²) in [7, 11) is 0. The van der Waals surface area contributed by atoms with Crippen molar-refractivity contribution in [1.82, 2.24) is 4.90 Å². The molecule has 5 heteroatoms. The lowest BCUT2D eigenvalue weighted by Gasteiger charge is -2.41. The summed E-state index contributed by atoms with van der Waals surface area (Å²) in [4.78, 5) is 13.4. The van der Waals surface area contributed by atoms with E-state index in [9.17, 15) is 9.90 Å². The first kappa shape index (κ1) is 16.1. The van der Waals surface area contributed by atoms with Gasteiger partial charge in [0.15, 0.2) is 11.5 Å². The summed E-state index contributed by atoms with van der Waals surface area (Å²) in [5.74, 6) is 1.90. The lowest BCUT2D eigenvalue weighted by Crippen LogP contribution is -2.45. The number of ether oxygens (including phenoxy) is 2. The molecule has 1 aromatic carbocycles. The van der Waals surface area contributed by atoms with E-state index in [0.717, 1.165) is 23.5 Å². The Hall–Kier alpha value is -1.75. The molecule has 126 valence electrons. The molecule has 0 saturated heterocycles. The molecule has 0 bridgehead atoms. The third-order valence-electron chi connectivity index (χ3n) is 5.29. The molecule has 1 aliphatic heterocycles. The van der Waals surface area contributed by atoms with E-state index in [2.05, 4.69) is 18.7 Å². The van der Waals surface area contributed by atoms with E-state index in [1.165, 1.54) is 12.8 Å². The highest BCUT2D eigenvalue weighted by molar-refractivity contribution is 5.69. The zero-order chi connectivity index (χ0) is 16.4. The van der Waals surface area contributed by atoms with Crippen molar-refractivity contribution in [2.45, 2.75) is 45.7 Å². The number of rotatable bonds is 5. The molecule has 5 nitrogen and oxygen atoms in total. The number of hydrogen-bond acceptors (Lipinski definition) is 4. The third kappa shape index (κ3) is 3.61. The topological polar surface area (TPSA) is 59.0 Å². The maximum absolute atomic E-state index is 11.3. The van der Waals surface area contributed by atoms with E-state index in [0.29, 0.717) is 24.4 Å². The number of carboxylic acid groups (broad SMARTS) is 1. The normalized spacial score (nSPS) is 26.5. The predicted octanol–water partition coefficient (Wildman–Crippen LogP) is 3.13. The van der Waals surface area contributed by atoms with Gasteiger partial charge in [0.2, 0.25) is 6.79 Å². The lowest BCUT2D eigenvalue weighted by molar-refractivity contribution is -0.139. The van der Waals surface area contributed by atoms with Gasteiger partial charge in [-0.05, 0) is 36.0 Å². The van der Waals surface area contributed by atoms with Gasteiger partial charge in [-0.25, -0.2) is 0 Å². The summed E-state index contributed by atoms with van der Waals surface area (Å²) in [5, 5.41) is 9.31. The Morgan fingerprint density at radius 2 is 2.04 bits per heavy atom. The molecule has 1 aliphatic carbocycles. The summed E-state index contributed by atoms with van der Waals surface area (Å²) < 4.78 is 10.8. The Morgan fingerprint density at radius 3 is 2.83 bits per heavy atom. The Kier molecular flexibility index (Phi) is 4.76. The molecule has 0 spiro atoms. The minimum atomic E-state index is -0.767. The number of benzene rings is 1. The second kappa shape index (κ2) is 6.79. The van der Waals surface area contributed by atoms with Gasteiger partial charge in [-0.2, -0.15) is 0 Å². The van der Waals surface area contributed by atoms with E-state index in [-0.39, 0.29) is 13.3 Å². The highest BCUT2D eigenvalue weighted by atomic mass is 16.7. The molecule has 2 aliphatic rings.